The molecular weight excluding hydrogens is 190 g/mol. The molecule has 1 saturated heterocycles. The molecule has 1 aliphatic rings. The first kappa shape index (κ1) is 10.9. The molecule has 1 heterocycles. The van der Waals surface area contributed by atoms with Gasteiger partial charge in [-0.05, 0) is 18.3 Å². The molecule has 13 heavy (non-hydrogen) atoms. The smallest absolute Gasteiger partial charge is 0.211 e. The van der Waals surface area contributed by atoms with E-state index in [0.717, 1.165) is 12.8 Å². The standard InChI is InChI=1S/C8H17NO3S/c1-8(2)3-4-12-7(5-8)6-13(9,10)11/h7H,3-6H2,1-2H3,(H2,9,10,11). The van der Waals surface area contributed by atoms with Crippen molar-refractivity contribution < 1.29 is 13.2 Å². The number of ether oxygens (including phenoxy) is 1. The van der Waals surface area contributed by atoms with Gasteiger partial charge < -0.3 is 4.74 Å². The minimum atomic E-state index is -3.40. The van der Waals surface area contributed by atoms with Crippen LogP contribution in [0, 0.1) is 5.41 Å². The van der Waals surface area contributed by atoms with Crippen molar-refractivity contribution in [2.45, 2.75) is 32.8 Å². The van der Waals surface area contributed by atoms with Gasteiger partial charge in [0.1, 0.15) is 0 Å². The van der Waals surface area contributed by atoms with Gasteiger partial charge in [-0.15, -0.1) is 0 Å². The lowest BCUT2D eigenvalue weighted by molar-refractivity contribution is -0.0233. The van der Waals surface area contributed by atoms with Crippen molar-refractivity contribution in [3.8, 4) is 0 Å². The Balaban J connectivity index is 2.53. The molecule has 5 heteroatoms. The molecule has 0 aliphatic carbocycles. The fraction of sp³-hybridized carbons (Fsp3) is 1.00. The van der Waals surface area contributed by atoms with E-state index in [1.54, 1.807) is 0 Å². The largest absolute Gasteiger partial charge is 0.377 e. The van der Waals surface area contributed by atoms with Crippen LogP contribution in [0.4, 0.5) is 0 Å². The van der Waals surface area contributed by atoms with Crippen molar-refractivity contribution >= 4 is 10.0 Å². The average molecular weight is 207 g/mol. The summed E-state index contributed by atoms with van der Waals surface area (Å²) >= 11 is 0. The summed E-state index contributed by atoms with van der Waals surface area (Å²) in [5.41, 5.74) is 0.174. The number of hydrogen-bond acceptors (Lipinski definition) is 3. The molecule has 1 rings (SSSR count). The van der Waals surface area contributed by atoms with Gasteiger partial charge in [-0.1, -0.05) is 13.8 Å². The molecule has 0 saturated carbocycles. The van der Waals surface area contributed by atoms with Crippen LogP contribution in [0.5, 0.6) is 0 Å². The Hall–Kier alpha value is -0.130. The Labute approximate surface area is 79.5 Å². The first-order chi connectivity index (χ1) is 5.79. The maximum Gasteiger partial charge on any atom is 0.211 e. The van der Waals surface area contributed by atoms with Crippen molar-refractivity contribution in [1.29, 1.82) is 0 Å². The summed E-state index contributed by atoms with van der Waals surface area (Å²) in [6.45, 7) is 4.87. The zero-order valence-electron chi connectivity index (χ0n) is 8.12. The second-order valence-corrected chi connectivity index (χ2v) is 6.10. The Morgan fingerprint density at radius 2 is 2.15 bits per heavy atom. The normalized spacial score (nSPS) is 28.7. The number of nitrogens with two attached hydrogens (primary N) is 1. The van der Waals surface area contributed by atoms with Gasteiger partial charge in [0.25, 0.3) is 0 Å². The van der Waals surface area contributed by atoms with Gasteiger partial charge in [0.05, 0.1) is 11.9 Å². The fourth-order valence-electron chi connectivity index (χ4n) is 1.65. The van der Waals surface area contributed by atoms with Crippen LogP contribution in [0.3, 0.4) is 0 Å². The van der Waals surface area contributed by atoms with Crippen LogP contribution in [0.15, 0.2) is 0 Å². The molecule has 0 aromatic rings. The molecule has 0 bridgehead atoms. The van der Waals surface area contributed by atoms with Crippen molar-refractivity contribution in [1.82, 2.24) is 0 Å². The fourth-order valence-corrected chi connectivity index (χ4v) is 2.38. The van der Waals surface area contributed by atoms with Crippen LogP contribution in [0.1, 0.15) is 26.7 Å². The van der Waals surface area contributed by atoms with Gasteiger partial charge in [0.15, 0.2) is 0 Å². The van der Waals surface area contributed by atoms with Crippen LogP contribution in [0.25, 0.3) is 0 Å². The van der Waals surface area contributed by atoms with Gasteiger partial charge in [-0.2, -0.15) is 0 Å². The topological polar surface area (TPSA) is 69.4 Å². The predicted octanol–water partition coefficient (Wildman–Crippen LogP) is 0.480. The van der Waals surface area contributed by atoms with E-state index >= 15 is 0 Å². The first-order valence-electron chi connectivity index (χ1n) is 4.41. The highest BCUT2D eigenvalue weighted by atomic mass is 32.2. The highest BCUT2D eigenvalue weighted by Gasteiger charge is 2.30. The molecule has 0 spiro atoms. The van der Waals surface area contributed by atoms with E-state index in [0.29, 0.717) is 6.61 Å². The van der Waals surface area contributed by atoms with E-state index in [2.05, 4.69) is 13.8 Å². The molecule has 1 fully saturated rings. The Morgan fingerprint density at radius 3 is 2.62 bits per heavy atom. The van der Waals surface area contributed by atoms with Gasteiger partial charge in [0, 0.05) is 6.61 Å². The second kappa shape index (κ2) is 3.55. The van der Waals surface area contributed by atoms with Gasteiger partial charge in [-0.3, -0.25) is 0 Å². The first-order valence-corrected chi connectivity index (χ1v) is 6.12. The Bertz CT molecular complexity index is 271. The van der Waals surface area contributed by atoms with E-state index in [1.807, 2.05) is 0 Å². The predicted molar refractivity (Wildman–Crippen MR) is 50.7 cm³/mol. The number of rotatable bonds is 2. The molecule has 0 aromatic carbocycles. The van der Waals surface area contributed by atoms with Gasteiger partial charge in [0.2, 0.25) is 10.0 Å². The zero-order chi connectivity index (χ0) is 10.1. The van der Waals surface area contributed by atoms with Crippen LogP contribution in [-0.2, 0) is 14.8 Å². The SMILES string of the molecule is CC1(C)CCOC(CS(N)(=O)=O)C1. The zero-order valence-corrected chi connectivity index (χ0v) is 8.93. The van der Waals surface area contributed by atoms with Gasteiger partial charge in [-0.25, -0.2) is 13.6 Å². The van der Waals surface area contributed by atoms with Crippen molar-refractivity contribution in [2.24, 2.45) is 10.6 Å². The molecule has 0 radical (unpaired) electrons. The van der Waals surface area contributed by atoms with E-state index in [-0.39, 0.29) is 17.3 Å². The number of sulfonamides is 1. The molecule has 0 aromatic heterocycles. The molecule has 0 amide bonds. The summed E-state index contributed by atoms with van der Waals surface area (Å²) in [5.74, 6) is -0.0591. The molecular formula is C8H17NO3S. The minimum absolute atomic E-state index is 0.0591. The van der Waals surface area contributed by atoms with Crippen LogP contribution in [0.2, 0.25) is 0 Å². The van der Waals surface area contributed by atoms with E-state index < -0.39 is 10.0 Å². The van der Waals surface area contributed by atoms with Crippen molar-refractivity contribution in [2.75, 3.05) is 12.4 Å². The Morgan fingerprint density at radius 1 is 1.54 bits per heavy atom. The summed E-state index contributed by atoms with van der Waals surface area (Å²) in [6.07, 6.45) is 1.52. The maximum absolute atomic E-state index is 10.8. The third-order valence-corrected chi connectivity index (χ3v) is 3.17. The molecule has 1 atom stereocenters. The summed E-state index contributed by atoms with van der Waals surface area (Å²) in [7, 11) is -3.40. The van der Waals surface area contributed by atoms with Crippen molar-refractivity contribution in [3.63, 3.8) is 0 Å². The van der Waals surface area contributed by atoms with Crippen LogP contribution in [-0.4, -0.2) is 26.9 Å². The van der Waals surface area contributed by atoms with E-state index in [1.165, 1.54) is 0 Å². The summed E-state index contributed by atoms with van der Waals surface area (Å²) in [5, 5.41) is 4.95. The van der Waals surface area contributed by atoms with E-state index in [9.17, 15) is 8.42 Å². The summed E-state index contributed by atoms with van der Waals surface area (Å²) in [6, 6.07) is 0. The molecule has 78 valence electrons. The monoisotopic (exact) mass is 207 g/mol. The lowest BCUT2D eigenvalue weighted by Crippen LogP contribution is -2.37. The number of primary sulfonamides is 1. The Kier molecular flexibility index (Phi) is 2.99. The third kappa shape index (κ3) is 4.06. The highest BCUT2D eigenvalue weighted by molar-refractivity contribution is 7.89. The molecule has 1 aliphatic heterocycles. The lowest BCUT2D eigenvalue weighted by Gasteiger charge is -2.34. The van der Waals surface area contributed by atoms with Crippen LogP contribution < -0.4 is 5.14 Å². The maximum atomic E-state index is 10.8. The quantitative estimate of drug-likeness (QED) is 0.716. The number of hydrogen-bond donors (Lipinski definition) is 1. The average Bonchev–Trinajstić information content (AvgIpc) is 1.79. The molecule has 2 N–H and O–H groups in total. The van der Waals surface area contributed by atoms with E-state index in [4.69, 9.17) is 9.88 Å². The molecule has 4 nitrogen and oxygen atoms in total. The van der Waals surface area contributed by atoms with Crippen LogP contribution >= 0.6 is 0 Å². The second-order valence-electron chi connectivity index (χ2n) is 4.44. The highest BCUT2D eigenvalue weighted by Crippen LogP contribution is 2.32. The third-order valence-electron chi connectivity index (χ3n) is 2.33. The summed E-state index contributed by atoms with van der Waals surface area (Å²) in [4.78, 5) is 0. The van der Waals surface area contributed by atoms with Gasteiger partial charge >= 0.3 is 0 Å². The summed E-state index contributed by atoms with van der Waals surface area (Å²) < 4.78 is 26.9. The van der Waals surface area contributed by atoms with Crippen molar-refractivity contribution in [3.05, 3.63) is 0 Å². The molecule has 1 unspecified atom stereocenters. The minimum Gasteiger partial charge on any atom is -0.377 e. The lowest BCUT2D eigenvalue weighted by atomic mass is 9.82.